The van der Waals surface area contributed by atoms with Gasteiger partial charge < -0.3 is 4.48 Å². The Labute approximate surface area is 66.8 Å². The van der Waals surface area contributed by atoms with E-state index in [9.17, 15) is 25.2 Å². The van der Waals surface area contributed by atoms with Gasteiger partial charge in [0.25, 0.3) is 0 Å². The van der Waals surface area contributed by atoms with Crippen LogP contribution in [0.5, 0.6) is 0 Å². The Kier molecular flexibility index (Phi) is 2.99. The zero-order chi connectivity index (χ0) is 10.9. The summed E-state index contributed by atoms with van der Waals surface area (Å²) in [6.07, 6.45) is 0. The second kappa shape index (κ2) is 2.48. The molecule has 80 valence electrons. The fraction of sp³-hybridized carbons (Fsp3) is 1.00. The van der Waals surface area contributed by atoms with Crippen molar-refractivity contribution < 1.29 is 29.7 Å². The molecule has 12 heavy (non-hydrogen) atoms. The molecule has 0 bridgehead atoms. The van der Waals surface area contributed by atoms with Crippen LogP contribution in [0.1, 0.15) is 0 Å². The van der Waals surface area contributed by atoms with E-state index >= 15 is 0 Å². The van der Waals surface area contributed by atoms with Crippen molar-refractivity contribution in [2.45, 2.75) is 0 Å². The second-order valence-corrected chi connectivity index (χ2v) is 5.56. The molecule has 0 aromatic carbocycles. The summed E-state index contributed by atoms with van der Waals surface area (Å²) in [6, 6.07) is 0. The van der Waals surface area contributed by atoms with Crippen molar-refractivity contribution in [1.82, 2.24) is 0 Å². The van der Waals surface area contributed by atoms with Crippen LogP contribution in [0.15, 0.2) is 0 Å². The third-order valence-electron chi connectivity index (χ3n) is 0. The van der Waals surface area contributed by atoms with Gasteiger partial charge in [-0.25, -0.2) is 0 Å². The zero-order valence-corrected chi connectivity index (χ0v) is 8.06. The predicted octanol–water partition coefficient (Wildman–Crippen LogP) is 3.70. The first-order chi connectivity index (χ1) is 4.45. The Morgan fingerprint density at radius 2 is 0.667 bits per heavy atom. The number of hydrogen-bond donors (Lipinski definition) is 0. The summed E-state index contributed by atoms with van der Waals surface area (Å²) in [6.45, 7) is 0. The summed E-state index contributed by atoms with van der Waals surface area (Å²) in [4.78, 5) is 0. The molecule has 0 aliphatic rings. The van der Waals surface area contributed by atoms with Crippen molar-refractivity contribution in [3.63, 3.8) is 0 Å². The maximum atomic E-state index is 9.87. The minimum atomic E-state index is -10.7. The van der Waals surface area contributed by atoms with Crippen LogP contribution in [-0.2, 0) is 0 Å². The minimum absolute atomic E-state index is 1.00. The Bertz CT molecular complexity index is 130. The van der Waals surface area contributed by atoms with Crippen molar-refractivity contribution >= 4 is 7.81 Å². The molecule has 0 radical (unpaired) electrons. The molecule has 0 aromatic heterocycles. The topological polar surface area (TPSA) is 0 Å². The first kappa shape index (κ1) is 14.5. The van der Waals surface area contributed by atoms with Crippen LogP contribution in [0, 0.1) is 0 Å². The average molecular weight is 219 g/mol. The fourth-order valence-corrected chi connectivity index (χ4v) is 0. The van der Waals surface area contributed by atoms with Crippen LogP contribution in [0.2, 0.25) is 0 Å². The summed E-state index contributed by atoms with van der Waals surface area (Å²) >= 11 is 0. The molecule has 8 heteroatoms. The van der Waals surface area contributed by atoms with Crippen LogP contribution >= 0.6 is 7.81 Å². The van der Waals surface area contributed by atoms with E-state index in [0.29, 0.717) is 0 Å². The van der Waals surface area contributed by atoms with Crippen LogP contribution in [0.3, 0.4) is 0 Å². The van der Waals surface area contributed by atoms with Gasteiger partial charge in [-0.3, -0.25) is 0 Å². The number of nitrogens with zero attached hydrogens (tertiary/aromatic N) is 1. The third kappa shape index (κ3) is 891000. The Hall–Kier alpha value is -0.0300. The molecule has 0 saturated heterocycles. The number of quaternary nitrogens is 1. The quantitative estimate of drug-likeness (QED) is 0.331. The summed E-state index contributed by atoms with van der Waals surface area (Å²) in [5.74, 6) is 0. The first-order valence-electron chi connectivity index (χ1n) is 2.80. The van der Waals surface area contributed by atoms with Gasteiger partial charge in [-0.05, 0) is 0 Å². The van der Waals surface area contributed by atoms with Crippen molar-refractivity contribution in [3.8, 4) is 0 Å². The zero-order valence-electron chi connectivity index (χ0n) is 7.16. The van der Waals surface area contributed by atoms with E-state index in [4.69, 9.17) is 0 Å². The average Bonchev–Trinajstić information content (AvgIpc) is 1.04. The number of halogens is 6. The molecule has 0 atom stereocenters. The van der Waals surface area contributed by atoms with Crippen LogP contribution in [0.25, 0.3) is 0 Å². The molecule has 0 amide bonds. The molecule has 0 aliphatic carbocycles. The Morgan fingerprint density at radius 3 is 0.667 bits per heavy atom. The van der Waals surface area contributed by atoms with Gasteiger partial charge in [0.05, 0.1) is 28.2 Å². The summed E-state index contributed by atoms with van der Waals surface area (Å²) in [7, 11) is -2.16. The first-order valence-corrected chi connectivity index (χ1v) is 4.83. The summed E-state index contributed by atoms with van der Waals surface area (Å²) in [5, 5.41) is 0. The van der Waals surface area contributed by atoms with Crippen molar-refractivity contribution in [2.24, 2.45) is 0 Å². The van der Waals surface area contributed by atoms with Crippen LogP contribution in [-0.4, -0.2) is 32.7 Å². The molecule has 0 rings (SSSR count). The van der Waals surface area contributed by atoms with Gasteiger partial charge in [0, 0.05) is 0 Å². The SMILES string of the molecule is C[N+](C)(C)C.F[P-](F)(F)(F)(F)F. The Balaban J connectivity index is 0. The van der Waals surface area contributed by atoms with E-state index in [2.05, 4.69) is 28.2 Å². The van der Waals surface area contributed by atoms with E-state index in [1.165, 1.54) is 0 Å². The van der Waals surface area contributed by atoms with E-state index in [1.54, 1.807) is 0 Å². The Morgan fingerprint density at radius 1 is 0.667 bits per heavy atom. The van der Waals surface area contributed by atoms with Gasteiger partial charge >= 0.3 is 33.0 Å². The predicted molar refractivity (Wildman–Crippen MR) is 37.5 cm³/mol. The summed E-state index contributed by atoms with van der Waals surface area (Å²) < 4.78 is 60.2. The molecule has 0 aromatic rings. The molecule has 0 unspecified atom stereocenters. The molecular weight excluding hydrogens is 207 g/mol. The molecule has 0 fully saturated rings. The molecule has 0 heterocycles. The molecule has 0 N–H and O–H groups in total. The fourth-order valence-electron chi connectivity index (χ4n) is 0. The monoisotopic (exact) mass is 219 g/mol. The van der Waals surface area contributed by atoms with Crippen molar-refractivity contribution in [3.05, 3.63) is 0 Å². The number of hydrogen-bond acceptors (Lipinski definition) is 0. The summed E-state index contributed by atoms with van der Waals surface area (Å²) in [5.41, 5.74) is 0. The normalized spacial score (nSPS) is 18.5. The molecular formula is C4H12F6NP. The van der Waals surface area contributed by atoms with Gasteiger partial charge in [0.1, 0.15) is 0 Å². The van der Waals surface area contributed by atoms with Crippen LogP contribution < -0.4 is 0 Å². The maximum absolute atomic E-state index is 10.7. The number of rotatable bonds is 0. The van der Waals surface area contributed by atoms with Crippen LogP contribution in [0.4, 0.5) is 25.2 Å². The van der Waals surface area contributed by atoms with Gasteiger partial charge in [-0.2, -0.15) is 0 Å². The molecule has 0 spiro atoms. The molecule has 0 saturated carbocycles. The van der Waals surface area contributed by atoms with Gasteiger partial charge in [0.2, 0.25) is 0 Å². The van der Waals surface area contributed by atoms with E-state index in [1.807, 2.05) is 0 Å². The molecule has 1 nitrogen and oxygen atoms in total. The van der Waals surface area contributed by atoms with E-state index in [0.717, 1.165) is 4.48 Å². The van der Waals surface area contributed by atoms with E-state index < -0.39 is 7.81 Å². The van der Waals surface area contributed by atoms with Gasteiger partial charge in [0.15, 0.2) is 0 Å². The van der Waals surface area contributed by atoms with Gasteiger partial charge in [-0.15, -0.1) is 0 Å². The second-order valence-electron chi connectivity index (χ2n) is 3.64. The van der Waals surface area contributed by atoms with Gasteiger partial charge in [-0.1, -0.05) is 0 Å². The molecule has 0 aliphatic heterocycles. The standard InChI is InChI=1S/C4H12N.F6P/c1-5(2,3)4;1-7(2,3,4,5)6/h1-4H3;/q+1;-1. The third-order valence-corrected chi connectivity index (χ3v) is 0. The van der Waals surface area contributed by atoms with Crippen molar-refractivity contribution in [2.75, 3.05) is 28.2 Å². The van der Waals surface area contributed by atoms with Crippen molar-refractivity contribution in [1.29, 1.82) is 0 Å². The van der Waals surface area contributed by atoms with E-state index in [-0.39, 0.29) is 0 Å².